The molecule has 2 N–H and O–H groups in total. The number of thiophene rings is 1. The third-order valence-electron chi connectivity index (χ3n) is 4.86. The van der Waals surface area contributed by atoms with Gasteiger partial charge in [0.25, 0.3) is 0 Å². The summed E-state index contributed by atoms with van der Waals surface area (Å²) in [4.78, 5) is 20.2. The van der Waals surface area contributed by atoms with Crippen molar-refractivity contribution in [2.75, 3.05) is 19.6 Å². The average Bonchev–Trinajstić information content (AvgIpc) is 3.40. The Morgan fingerprint density at radius 1 is 1.32 bits per heavy atom. The molecule has 0 saturated carbocycles. The summed E-state index contributed by atoms with van der Waals surface area (Å²) in [5.41, 5.74) is 0. The van der Waals surface area contributed by atoms with Crippen molar-refractivity contribution in [3.05, 3.63) is 46.5 Å². The largest absolute Gasteiger partial charge is 0.469 e. The van der Waals surface area contributed by atoms with Crippen LogP contribution in [0, 0.1) is 5.92 Å². The monoisotopic (exact) mass is 402 g/mol. The first-order chi connectivity index (χ1) is 13.6. The maximum absolute atomic E-state index is 12.2. The summed E-state index contributed by atoms with van der Waals surface area (Å²) in [7, 11) is 0. The number of likely N-dealkylation sites (tertiary alicyclic amines) is 1. The van der Waals surface area contributed by atoms with E-state index < -0.39 is 0 Å². The van der Waals surface area contributed by atoms with Crippen LogP contribution in [0.25, 0.3) is 0 Å². The van der Waals surface area contributed by atoms with Crippen LogP contribution in [0.2, 0.25) is 0 Å². The lowest BCUT2D eigenvalue weighted by atomic mass is 10.0. The van der Waals surface area contributed by atoms with E-state index in [1.54, 1.807) is 17.6 Å². The number of carbonyl (C=O) groups excluding carboxylic acids is 1. The lowest BCUT2D eigenvalue weighted by Gasteiger charge is -2.34. The van der Waals surface area contributed by atoms with Crippen molar-refractivity contribution in [3.63, 3.8) is 0 Å². The smallest absolute Gasteiger partial charge is 0.225 e. The molecule has 7 heteroatoms. The van der Waals surface area contributed by atoms with Gasteiger partial charge in [0.2, 0.25) is 5.91 Å². The van der Waals surface area contributed by atoms with Gasteiger partial charge in [0.1, 0.15) is 5.76 Å². The Bertz CT molecular complexity index is 733. The van der Waals surface area contributed by atoms with E-state index in [0.717, 1.165) is 50.6 Å². The van der Waals surface area contributed by atoms with Crippen molar-refractivity contribution < 1.29 is 9.21 Å². The highest BCUT2D eigenvalue weighted by Gasteiger charge is 2.24. The van der Waals surface area contributed by atoms with Crippen LogP contribution in [0.4, 0.5) is 0 Å². The highest BCUT2D eigenvalue weighted by Crippen LogP contribution is 2.14. The number of carbonyl (C=O) groups is 1. The summed E-state index contributed by atoms with van der Waals surface area (Å²) in [6.07, 6.45) is 4.40. The number of guanidine groups is 1. The SMILES string of the molecule is CC(C)C(=O)N1CCC(NC(=NCc2cccs2)NCCc2ccco2)CC1. The molecule has 0 spiro atoms. The molecular formula is C21H30N4O2S. The van der Waals surface area contributed by atoms with Crippen LogP contribution in [0.3, 0.4) is 0 Å². The summed E-state index contributed by atoms with van der Waals surface area (Å²) in [6, 6.07) is 8.37. The fourth-order valence-corrected chi connectivity index (χ4v) is 3.90. The molecule has 0 atom stereocenters. The highest BCUT2D eigenvalue weighted by molar-refractivity contribution is 7.09. The molecule has 28 heavy (non-hydrogen) atoms. The van der Waals surface area contributed by atoms with Crippen LogP contribution in [0.1, 0.15) is 37.3 Å². The minimum absolute atomic E-state index is 0.0655. The van der Waals surface area contributed by atoms with Gasteiger partial charge in [-0.3, -0.25) is 4.79 Å². The van der Waals surface area contributed by atoms with Crippen molar-refractivity contribution in [3.8, 4) is 0 Å². The van der Waals surface area contributed by atoms with E-state index in [1.807, 2.05) is 30.9 Å². The Balaban J connectivity index is 1.52. The van der Waals surface area contributed by atoms with E-state index in [2.05, 4.69) is 28.1 Å². The lowest BCUT2D eigenvalue weighted by Crippen LogP contribution is -2.50. The second-order valence-corrected chi connectivity index (χ2v) is 8.43. The molecule has 1 amide bonds. The Morgan fingerprint density at radius 2 is 2.14 bits per heavy atom. The molecule has 0 aromatic carbocycles. The summed E-state index contributed by atoms with van der Waals surface area (Å²) in [6.45, 7) is 6.96. The molecule has 152 valence electrons. The van der Waals surface area contributed by atoms with Crippen molar-refractivity contribution in [2.45, 2.75) is 45.7 Å². The predicted molar refractivity (Wildman–Crippen MR) is 113 cm³/mol. The Kier molecular flexibility index (Phi) is 7.54. The summed E-state index contributed by atoms with van der Waals surface area (Å²) < 4.78 is 5.40. The molecule has 0 radical (unpaired) electrons. The molecule has 0 bridgehead atoms. The van der Waals surface area contributed by atoms with E-state index in [-0.39, 0.29) is 11.8 Å². The van der Waals surface area contributed by atoms with Gasteiger partial charge < -0.3 is 20.0 Å². The first kappa shape index (κ1) is 20.5. The molecule has 0 aliphatic carbocycles. The second-order valence-electron chi connectivity index (χ2n) is 7.40. The molecule has 2 aromatic rings. The average molecular weight is 403 g/mol. The number of hydrogen-bond donors (Lipinski definition) is 2. The molecule has 1 saturated heterocycles. The maximum Gasteiger partial charge on any atom is 0.225 e. The summed E-state index contributed by atoms with van der Waals surface area (Å²) >= 11 is 1.72. The fraction of sp³-hybridized carbons (Fsp3) is 0.524. The number of aliphatic imine (C=N–C) groups is 1. The molecule has 0 unspecified atom stereocenters. The van der Waals surface area contributed by atoms with Crippen LogP contribution in [-0.4, -0.2) is 42.4 Å². The quantitative estimate of drug-likeness (QED) is 0.551. The molecule has 2 aromatic heterocycles. The first-order valence-corrected chi connectivity index (χ1v) is 10.9. The minimum atomic E-state index is 0.0655. The lowest BCUT2D eigenvalue weighted by molar-refractivity contribution is -0.135. The Hall–Kier alpha value is -2.28. The number of hydrogen-bond acceptors (Lipinski definition) is 4. The normalized spacial score (nSPS) is 15.8. The van der Waals surface area contributed by atoms with Gasteiger partial charge in [0.05, 0.1) is 12.8 Å². The third kappa shape index (κ3) is 6.12. The van der Waals surface area contributed by atoms with Crippen molar-refractivity contribution >= 4 is 23.2 Å². The van der Waals surface area contributed by atoms with E-state index in [0.29, 0.717) is 12.6 Å². The van der Waals surface area contributed by atoms with Crippen molar-refractivity contribution in [1.29, 1.82) is 0 Å². The third-order valence-corrected chi connectivity index (χ3v) is 5.72. The van der Waals surface area contributed by atoms with Crippen LogP contribution >= 0.6 is 11.3 Å². The number of furan rings is 1. The van der Waals surface area contributed by atoms with E-state index in [4.69, 9.17) is 9.41 Å². The predicted octanol–water partition coefficient (Wildman–Crippen LogP) is 3.27. The zero-order valence-electron chi connectivity index (χ0n) is 16.7. The molecular weight excluding hydrogens is 372 g/mol. The molecule has 3 rings (SSSR count). The molecule has 3 heterocycles. The minimum Gasteiger partial charge on any atom is -0.469 e. The van der Waals surface area contributed by atoms with E-state index in [9.17, 15) is 4.79 Å². The maximum atomic E-state index is 12.2. The van der Waals surface area contributed by atoms with Crippen LogP contribution in [0.15, 0.2) is 45.3 Å². The van der Waals surface area contributed by atoms with Crippen molar-refractivity contribution in [1.82, 2.24) is 15.5 Å². The second kappa shape index (κ2) is 10.3. The summed E-state index contributed by atoms with van der Waals surface area (Å²) in [5.74, 6) is 2.11. The van der Waals surface area contributed by atoms with E-state index >= 15 is 0 Å². The molecule has 1 aliphatic heterocycles. The topological polar surface area (TPSA) is 69.9 Å². The number of amides is 1. The van der Waals surface area contributed by atoms with E-state index in [1.165, 1.54) is 4.88 Å². The highest BCUT2D eigenvalue weighted by atomic mass is 32.1. The van der Waals surface area contributed by atoms with Gasteiger partial charge >= 0.3 is 0 Å². The number of piperidine rings is 1. The first-order valence-electron chi connectivity index (χ1n) is 10.00. The number of nitrogens with one attached hydrogen (secondary N) is 2. The van der Waals surface area contributed by atoms with Gasteiger partial charge in [0.15, 0.2) is 5.96 Å². The molecule has 6 nitrogen and oxygen atoms in total. The van der Waals surface area contributed by atoms with Gasteiger partial charge in [-0.05, 0) is 36.4 Å². The van der Waals surface area contributed by atoms with Crippen LogP contribution in [-0.2, 0) is 17.8 Å². The standard InChI is InChI=1S/C21H30N4O2S/c1-16(2)20(26)25-11-8-17(9-12-25)24-21(23-15-19-6-4-14-28-19)22-10-7-18-5-3-13-27-18/h3-6,13-14,16-17H,7-12,15H2,1-2H3,(H2,22,23,24). The molecule has 1 fully saturated rings. The zero-order chi connectivity index (χ0) is 19.8. The van der Waals surface area contributed by atoms with Crippen molar-refractivity contribution in [2.24, 2.45) is 10.9 Å². The fourth-order valence-electron chi connectivity index (χ4n) is 3.27. The number of rotatable bonds is 7. The molecule has 1 aliphatic rings. The van der Waals surface area contributed by atoms with Gasteiger partial charge in [-0.1, -0.05) is 19.9 Å². The van der Waals surface area contributed by atoms with Crippen LogP contribution < -0.4 is 10.6 Å². The van der Waals surface area contributed by atoms with Gasteiger partial charge in [-0.2, -0.15) is 0 Å². The number of nitrogens with zero attached hydrogens (tertiary/aromatic N) is 2. The van der Waals surface area contributed by atoms with Gasteiger partial charge in [0, 0.05) is 42.9 Å². The Morgan fingerprint density at radius 3 is 2.79 bits per heavy atom. The zero-order valence-corrected chi connectivity index (χ0v) is 17.5. The Labute approximate surface area is 171 Å². The van der Waals surface area contributed by atoms with Gasteiger partial charge in [-0.15, -0.1) is 11.3 Å². The van der Waals surface area contributed by atoms with Gasteiger partial charge in [-0.25, -0.2) is 4.99 Å². The summed E-state index contributed by atoms with van der Waals surface area (Å²) in [5, 5.41) is 9.06. The van der Waals surface area contributed by atoms with Crippen LogP contribution in [0.5, 0.6) is 0 Å².